The lowest BCUT2D eigenvalue weighted by Gasteiger charge is -2.27. The number of hydrogen-bond donors (Lipinski definition) is 3. The fourth-order valence-electron chi connectivity index (χ4n) is 1.58. The Balaban J connectivity index is 2.67. The zero-order valence-corrected chi connectivity index (χ0v) is 9.53. The number of hydrogen-bond acceptors (Lipinski definition) is 4. The number of nitrogens with two attached hydrogens (primary N) is 1. The van der Waals surface area contributed by atoms with Crippen LogP contribution in [0.4, 0.5) is 0 Å². The Kier molecular flexibility index (Phi) is 3.88. The number of ether oxygens (including phenoxy) is 1. The summed E-state index contributed by atoms with van der Waals surface area (Å²) in [5.74, 6) is -1.39. The molecule has 6 heteroatoms. The van der Waals surface area contributed by atoms with Gasteiger partial charge in [0.1, 0.15) is 6.04 Å². The van der Waals surface area contributed by atoms with E-state index in [1.165, 1.54) is 0 Å². The Labute approximate surface area is 94.1 Å². The molecule has 92 valence electrons. The van der Waals surface area contributed by atoms with Crippen molar-refractivity contribution in [3.63, 3.8) is 0 Å². The molecule has 3 atom stereocenters. The molecular formula is C10H18N2O4. The van der Waals surface area contributed by atoms with Crippen molar-refractivity contribution >= 4 is 11.9 Å². The van der Waals surface area contributed by atoms with Gasteiger partial charge in [-0.25, -0.2) is 4.79 Å². The number of rotatable bonds is 4. The first-order chi connectivity index (χ1) is 7.41. The van der Waals surface area contributed by atoms with Crippen molar-refractivity contribution in [3.05, 3.63) is 0 Å². The average molecular weight is 230 g/mol. The normalized spacial score (nSPS) is 31.1. The van der Waals surface area contributed by atoms with Crippen LogP contribution in [0.25, 0.3) is 0 Å². The molecule has 0 aliphatic carbocycles. The van der Waals surface area contributed by atoms with Crippen molar-refractivity contribution in [2.75, 3.05) is 13.2 Å². The van der Waals surface area contributed by atoms with E-state index < -0.39 is 17.4 Å². The first-order valence-electron chi connectivity index (χ1n) is 5.29. The van der Waals surface area contributed by atoms with Crippen LogP contribution in [0.3, 0.4) is 0 Å². The Morgan fingerprint density at radius 2 is 2.31 bits per heavy atom. The van der Waals surface area contributed by atoms with Gasteiger partial charge >= 0.3 is 5.97 Å². The molecule has 1 aliphatic heterocycles. The molecule has 0 bridgehead atoms. The molecule has 1 fully saturated rings. The summed E-state index contributed by atoms with van der Waals surface area (Å²) in [5.41, 5.74) is 4.94. The van der Waals surface area contributed by atoms with Crippen LogP contribution >= 0.6 is 0 Å². The quantitative estimate of drug-likeness (QED) is 0.594. The summed E-state index contributed by atoms with van der Waals surface area (Å²) in [6.45, 7) is 3.95. The van der Waals surface area contributed by atoms with Crippen LogP contribution in [-0.4, -0.2) is 42.3 Å². The third-order valence-corrected chi connectivity index (χ3v) is 3.05. The molecule has 16 heavy (non-hydrogen) atoms. The highest BCUT2D eigenvalue weighted by Gasteiger charge is 2.45. The molecule has 4 N–H and O–H groups in total. The van der Waals surface area contributed by atoms with Crippen molar-refractivity contribution in [2.45, 2.75) is 32.4 Å². The van der Waals surface area contributed by atoms with E-state index >= 15 is 0 Å². The highest BCUT2D eigenvalue weighted by molar-refractivity contribution is 5.88. The minimum atomic E-state index is -1.04. The summed E-state index contributed by atoms with van der Waals surface area (Å²) in [6, 6.07) is -1.25. The van der Waals surface area contributed by atoms with Gasteiger partial charge < -0.3 is 20.9 Å². The van der Waals surface area contributed by atoms with E-state index in [2.05, 4.69) is 5.32 Å². The SMILES string of the molecule is CCC(NC(=O)C1(C)COCC1N)C(=O)O. The molecule has 0 aromatic rings. The van der Waals surface area contributed by atoms with Gasteiger partial charge in [0.2, 0.25) is 5.91 Å². The zero-order valence-electron chi connectivity index (χ0n) is 9.53. The molecule has 3 unspecified atom stereocenters. The standard InChI is InChI=1S/C10H18N2O4/c1-3-6(8(13)14)12-9(15)10(2)5-16-4-7(10)11/h6-7H,3-5,11H2,1-2H3,(H,12,15)(H,13,14). The molecular weight excluding hydrogens is 212 g/mol. The maximum atomic E-state index is 11.9. The maximum Gasteiger partial charge on any atom is 0.326 e. The summed E-state index contributed by atoms with van der Waals surface area (Å²) < 4.78 is 5.14. The topological polar surface area (TPSA) is 102 Å². The molecule has 1 heterocycles. The Hall–Kier alpha value is -1.14. The molecule has 1 rings (SSSR count). The van der Waals surface area contributed by atoms with E-state index in [-0.39, 0.29) is 18.6 Å². The van der Waals surface area contributed by atoms with Crippen LogP contribution in [0.2, 0.25) is 0 Å². The molecule has 6 nitrogen and oxygen atoms in total. The van der Waals surface area contributed by atoms with Gasteiger partial charge in [-0.2, -0.15) is 0 Å². The number of carboxylic acid groups (broad SMARTS) is 1. The molecule has 1 aliphatic rings. The Morgan fingerprint density at radius 1 is 1.69 bits per heavy atom. The predicted molar refractivity (Wildman–Crippen MR) is 56.8 cm³/mol. The lowest BCUT2D eigenvalue weighted by atomic mass is 9.84. The summed E-state index contributed by atoms with van der Waals surface area (Å²) in [6.07, 6.45) is 0.341. The summed E-state index contributed by atoms with van der Waals surface area (Å²) in [7, 11) is 0. The second-order valence-electron chi connectivity index (χ2n) is 4.31. The number of nitrogens with one attached hydrogen (secondary N) is 1. The van der Waals surface area contributed by atoms with Crippen LogP contribution in [0.15, 0.2) is 0 Å². The van der Waals surface area contributed by atoms with Crippen LogP contribution in [0.1, 0.15) is 20.3 Å². The van der Waals surface area contributed by atoms with Gasteiger partial charge in [-0.05, 0) is 13.3 Å². The second-order valence-corrected chi connectivity index (χ2v) is 4.31. The monoisotopic (exact) mass is 230 g/mol. The maximum absolute atomic E-state index is 11.9. The average Bonchev–Trinajstić information content (AvgIpc) is 2.56. The molecule has 0 spiro atoms. The molecule has 1 amide bonds. The van der Waals surface area contributed by atoms with Crippen LogP contribution in [0.5, 0.6) is 0 Å². The lowest BCUT2D eigenvalue weighted by molar-refractivity contribution is -0.144. The zero-order chi connectivity index (χ0) is 12.3. The number of carbonyl (C=O) groups excluding carboxylic acids is 1. The number of carboxylic acids is 1. The van der Waals surface area contributed by atoms with E-state index in [4.69, 9.17) is 15.6 Å². The first-order valence-corrected chi connectivity index (χ1v) is 5.29. The summed E-state index contributed by atoms with van der Waals surface area (Å²) >= 11 is 0. The molecule has 0 aromatic carbocycles. The van der Waals surface area contributed by atoms with Gasteiger partial charge in [-0.3, -0.25) is 4.79 Å². The lowest BCUT2D eigenvalue weighted by Crippen LogP contribution is -2.53. The smallest absolute Gasteiger partial charge is 0.326 e. The van der Waals surface area contributed by atoms with Crippen molar-refractivity contribution in [1.29, 1.82) is 0 Å². The van der Waals surface area contributed by atoms with Gasteiger partial charge in [-0.1, -0.05) is 6.92 Å². The highest BCUT2D eigenvalue weighted by atomic mass is 16.5. The van der Waals surface area contributed by atoms with Crippen LogP contribution < -0.4 is 11.1 Å². The van der Waals surface area contributed by atoms with Gasteiger partial charge in [-0.15, -0.1) is 0 Å². The van der Waals surface area contributed by atoms with Crippen LogP contribution in [0, 0.1) is 5.41 Å². The fraction of sp³-hybridized carbons (Fsp3) is 0.800. The summed E-state index contributed by atoms with van der Waals surface area (Å²) in [4.78, 5) is 22.7. The molecule has 0 saturated carbocycles. The predicted octanol–water partition coefficient (Wildman–Crippen LogP) is -0.670. The van der Waals surface area contributed by atoms with E-state index in [1.54, 1.807) is 13.8 Å². The van der Waals surface area contributed by atoms with Crippen molar-refractivity contribution < 1.29 is 19.4 Å². The molecule has 0 radical (unpaired) electrons. The fourth-order valence-corrected chi connectivity index (χ4v) is 1.58. The minimum absolute atomic E-state index is 0.232. The van der Waals surface area contributed by atoms with Gasteiger partial charge in [0.15, 0.2) is 0 Å². The van der Waals surface area contributed by atoms with E-state index in [9.17, 15) is 9.59 Å². The number of amides is 1. The number of aliphatic carboxylic acids is 1. The van der Waals surface area contributed by atoms with Crippen molar-refractivity contribution in [3.8, 4) is 0 Å². The van der Waals surface area contributed by atoms with E-state index in [1.807, 2.05) is 0 Å². The first kappa shape index (κ1) is 12.9. The molecule has 1 saturated heterocycles. The van der Waals surface area contributed by atoms with E-state index in [0.717, 1.165) is 0 Å². The van der Waals surface area contributed by atoms with Gasteiger partial charge in [0, 0.05) is 6.04 Å². The second kappa shape index (κ2) is 4.80. The van der Waals surface area contributed by atoms with E-state index in [0.29, 0.717) is 13.0 Å². The van der Waals surface area contributed by atoms with Gasteiger partial charge in [0.25, 0.3) is 0 Å². The summed E-state index contributed by atoms with van der Waals surface area (Å²) in [5, 5.41) is 11.3. The van der Waals surface area contributed by atoms with Crippen molar-refractivity contribution in [2.24, 2.45) is 11.1 Å². The Bertz CT molecular complexity index is 295. The largest absolute Gasteiger partial charge is 0.480 e. The minimum Gasteiger partial charge on any atom is -0.480 e. The third-order valence-electron chi connectivity index (χ3n) is 3.05. The number of carbonyl (C=O) groups is 2. The molecule has 0 aromatic heterocycles. The van der Waals surface area contributed by atoms with Crippen LogP contribution in [-0.2, 0) is 14.3 Å². The highest BCUT2D eigenvalue weighted by Crippen LogP contribution is 2.27. The Morgan fingerprint density at radius 3 is 2.69 bits per heavy atom. The van der Waals surface area contributed by atoms with Crippen molar-refractivity contribution in [1.82, 2.24) is 5.32 Å². The third kappa shape index (κ3) is 2.33. The van der Waals surface area contributed by atoms with Gasteiger partial charge in [0.05, 0.1) is 18.6 Å².